The number of carbonyl (C=O) groups is 1. The summed E-state index contributed by atoms with van der Waals surface area (Å²) >= 11 is 0. The smallest absolute Gasteiger partial charge is 0.266 e. The lowest BCUT2D eigenvalue weighted by Crippen LogP contribution is -2.39. The molecule has 0 spiro atoms. The number of aromatic nitrogens is 1. The summed E-state index contributed by atoms with van der Waals surface area (Å²) in [4.78, 5) is 18.0. The predicted molar refractivity (Wildman–Crippen MR) is 73.2 cm³/mol. The van der Waals surface area contributed by atoms with Crippen LogP contribution in [0.25, 0.3) is 11.3 Å². The van der Waals surface area contributed by atoms with E-state index in [9.17, 15) is 4.79 Å². The summed E-state index contributed by atoms with van der Waals surface area (Å²) in [5.41, 5.74) is 1.87. The molecule has 3 rings (SSSR count). The van der Waals surface area contributed by atoms with Gasteiger partial charge in [-0.25, -0.2) is 4.98 Å². The van der Waals surface area contributed by atoms with E-state index in [2.05, 4.69) is 4.98 Å². The van der Waals surface area contributed by atoms with Gasteiger partial charge in [-0.1, -0.05) is 30.3 Å². The fourth-order valence-electron chi connectivity index (χ4n) is 2.17. The van der Waals surface area contributed by atoms with Crippen LogP contribution in [0.1, 0.15) is 6.92 Å². The predicted octanol–water partition coefficient (Wildman–Crippen LogP) is 2.49. The lowest BCUT2D eigenvalue weighted by molar-refractivity contribution is -0.121. The second-order valence-electron chi connectivity index (χ2n) is 4.31. The van der Waals surface area contributed by atoms with E-state index in [1.807, 2.05) is 49.4 Å². The number of ether oxygens (including phenoxy) is 1. The minimum absolute atomic E-state index is 0.0484. The highest BCUT2D eigenvalue weighted by molar-refractivity contribution is 5.96. The standard InChI is InChI=1S/C15H14N2O2/c1-2-17-14(18)10-19-13-9-8-12(16-15(13)17)11-6-4-3-5-7-11/h3-9H,2,10H2,1H3. The molecule has 1 aromatic heterocycles. The Morgan fingerprint density at radius 3 is 2.74 bits per heavy atom. The molecule has 19 heavy (non-hydrogen) atoms. The van der Waals surface area contributed by atoms with Crippen molar-refractivity contribution in [3.05, 3.63) is 42.5 Å². The number of anilines is 1. The van der Waals surface area contributed by atoms with Crippen LogP contribution in [0.3, 0.4) is 0 Å². The number of rotatable bonds is 2. The van der Waals surface area contributed by atoms with Crippen LogP contribution in [-0.2, 0) is 4.79 Å². The SMILES string of the molecule is CCN1C(=O)COc2ccc(-c3ccccc3)nc21. The molecule has 0 atom stereocenters. The van der Waals surface area contributed by atoms with E-state index in [1.165, 1.54) is 0 Å². The van der Waals surface area contributed by atoms with Crippen LogP contribution in [0, 0.1) is 0 Å². The molecule has 0 aliphatic carbocycles. The average molecular weight is 254 g/mol. The summed E-state index contributed by atoms with van der Waals surface area (Å²) in [6.07, 6.45) is 0. The lowest BCUT2D eigenvalue weighted by Gasteiger charge is -2.27. The zero-order chi connectivity index (χ0) is 13.2. The van der Waals surface area contributed by atoms with Crippen LogP contribution in [0.2, 0.25) is 0 Å². The van der Waals surface area contributed by atoms with E-state index < -0.39 is 0 Å². The van der Waals surface area contributed by atoms with Crippen LogP contribution in [-0.4, -0.2) is 24.0 Å². The maximum atomic E-state index is 11.8. The number of likely N-dealkylation sites (N-methyl/N-ethyl adjacent to an activating group) is 1. The fourth-order valence-corrected chi connectivity index (χ4v) is 2.17. The van der Waals surface area contributed by atoms with Crippen molar-refractivity contribution in [1.29, 1.82) is 0 Å². The highest BCUT2D eigenvalue weighted by atomic mass is 16.5. The van der Waals surface area contributed by atoms with Gasteiger partial charge >= 0.3 is 0 Å². The number of fused-ring (bicyclic) bond motifs is 1. The summed E-state index contributed by atoms with van der Waals surface area (Å²) in [7, 11) is 0. The molecular formula is C15H14N2O2. The van der Waals surface area contributed by atoms with Gasteiger partial charge in [-0.2, -0.15) is 0 Å². The number of hydrogen-bond donors (Lipinski definition) is 0. The third-order valence-electron chi connectivity index (χ3n) is 3.13. The van der Waals surface area contributed by atoms with E-state index >= 15 is 0 Å². The average Bonchev–Trinajstić information content (AvgIpc) is 2.47. The normalized spacial score (nSPS) is 13.9. The molecule has 96 valence electrons. The molecule has 0 unspecified atom stereocenters. The van der Waals surface area contributed by atoms with Crippen LogP contribution >= 0.6 is 0 Å². The van der Waals surface area contributed by atoms with Gasteiger partial charge in [-0.05, 0) is 19.1 Å². The Morgan fingerprint density at radius 2 is 2.00 bits per heavy atom. The zero-order valence-corrected chi connectivity index (χ0v) is 10.7. The minimum atomic E-state index is -0.0484. The van der Waals surface area contributed by atoms with E-state index in [0.29, 0.717) is 18.1 Å². The molecule has 1 aliphatic rings. The molecule has 0 fully saturated rings. The summed E-state index contributed by atoms with van der Waals surface area (Å²) < 4.78 is 5.40. The largest absolute Gasteiger partial charge is 0.480 e. The molecule has 1 amide bonds. The first-order valence-electron chi connectivity index (χ1n) is 6.29. The number of amides is 1. The van der Waals surface area contributed by atoms with Crippen molar-refractivity contribution in [2.24, 2.45) is 0 Å². The van der Waals surface area contributed by atoms with E-state index in [1.54, 1.807) is 4.90 Å². The molecule has 0 radical (unpaired) electrons. The van der Waals surface area contributed by atoms with Gasteiger partial charge < -0.3 is 4.74 Å². The summed E-state index contributed by atoms with van der Waals surface area (Å²) in [6, 6.07) is 13.7. The number of benzene rings is 1. The van der Waals surface area contributed by atoms with Gasteiger partial charge in [-0.15, -0.1) is 0 Å². The van der Waals surface area contributed by atoms with E-state index in [0.717, 1.165) is 11.3 Å². The van der Waals surface area contributed by atoms with Gasteiger partial charge in [0.25, 0.3) is 5.91 Å². The second kappa shape index (κ2) is 4.72. The Kier molecular flexibility index (Phi) is 2.91. The first-order valence-corrected chi connectivity index (χ1v) is 6.29. The Bertz CT molecular complexity index is 611. The summed E-state index contributed by atoms with van der Waals surface area (Å²) in [6.45, 7) is 2.62. The van der Waals surface area contributed by atoms with Gasteiger partial charge in [0.1, 0.15) is 0 Å². The van der Waals surface area contributed by atoms with Crippen molar-refractivity contribution in [3.63, 3.8) is 0 Å². The molecule has 0 saturated carbocycles. The first-order chi connectivity index (χ1) is 9.29. The maximum Gasteiger partial charge on any atom is 0.266 e. The highest BCUT2D eigenvalue weighted by Crippen LogP contribution is 2.32. The van der Waals surface area contributed by atoms with Crippen LogP contribution in [0.4, 0.5) is 5.82 Å². The van der Waals surface area contributed by atoms with Crippen molar-refractivity contribution < 1.29 is 9.53 Å². The molecule has 0 bridgehead atoms. The van der Waals surface area contributed by atoms with Crippen LogP contribution in [0.15, 0.2) is 42.5 Å². The Labute approximate surface area is 111 Å². The van der Waals surface area contributed by atoms with Crippen molar-refractivity contribution in [1.82, 2.24) is 4.98 Å². The quantitative estimate of drug-likeness (QED) is 0.827. The van der Waals surface area contributed by atoms with Gasteiger partial charge in [0.15, 0.2) is 18.2 Å². The molecule has 4 heteroatoms. The fraction of sp³-hybridized carbons (Fsp3) is 0.200. The van der Waals surface area contributed by atoms with E-state index in [-0.39, 0.29) is 12.5 Å². The number of nitrogens with zero attached hydrogens (tertiary/aromatic N) is 2. The van der Waals surface area contributed by atoms with E-state index in [4.69, 9.17) is 4.74 Å². The van der Waals surface area contributed by atoms with Gasteiger partial charge in [0.05, 0.1) is 5.69 Å². The number of hydrogen-bond acceptors (Lipinski definition) is 3. The lowest BCUT2D eigenvalue weighted by atomic mass is 10.1. The minimum Gasteiger partial charge on any atom is -0.480 e. The summed E-state index contributed by atoms with van der Waals surface area (Å²) in [5, 5.41) is 0. The van der Waals surface area contributed by atoms with Crippen LogP contribution in [0.5, 0.6) is 5.75 Å². The third kappa shape index (κ3) is 2.05. The molecule has 1 aliphatic heterocycles. The molecule has 2 aromatic rings. The molecule has 4 nitrogen and oxygen atoms in total. The Hall–Kier alpha value is -2.36. The van der Waals surface area contributed by atoms with Crippen LogP contribution < -0.4 is 9.64 Å². The van der Waals surface area contributed by atoms with Gasteiger partial charge in [-0.3, -0.25) is 9.69 Å². The summed E-state index contributed by atoms with van der Waals surface area (Å²) in [5.74, 6) is 1.23. The van der Waals surface area contributed by atoms with Gasteiger partial charge in [0.2, 0.25) is 0 Å². The van der Waals surface area contributed by atoms with Crippen molar-refractivity contribution in [3.8, 4) is 17.0 Å². The first kappa shape index (κ1) is 11.7. The Morgan fingerprint density at radius 1 is 1.21 bits per heavy atom. The monoisotopic (exact) mass is 254 g/mol. The Balaban J connectivity index is 2.08. The molecule has 0 saturated heterocycles. The maximum absolute atomic E-state index is 11.8. The third-order valence-corrected chi connectivity index (χ3v) is 3.13. The molecule has 2 heterocycles. The van der Waals surface area contributed by atoms with Crippen molar-refractivity contribution in [2.45, 2.75) is 6.92 Å². The zero-order valence-electron chi connectivity index (χ0n) is 10.7. The number of carbonyl (C=O) groups excluding carboxylic acids is 1. The molecule has 1 aromatic carbocycles. The van der Waals surface area contributed by atoms with Crippen molar-refractivity contribution >= 4 is 11.7 Å². The van der Waals surface area contributed by atoms with Crippen molar-refractivity contribution in [2.75, 3.05) is 18.1 Å². The second-order valence-corrected chi connectivity index (χ2v) is 4.31. The number of pyridine rings is 1. The van der Waals surface area contributed by atoms with Gasteiger partial charge in [0, 0.05) is 12.1 Å². The topological polar surface area (TPSA) is 42.4 Å². The molecule has 0 N–H and O–H groups in total. The molecular weight excluding hydrogens is 240 g/mol. The highest BCUT2D eigenvalue weighted by Gasteiger charge is 2.25.